The predicted molar refractivity (Wildman–Crippen MR) is 92.1 cm³/mol. The maximum Gasteiger partial charge on any atom is 0.404 e. The summed E-state index contributed by atoms with van der Waals surface area (Å²) in [4.78, 5) is 25.4. The van der Waals surface area contributed by atoms with Gasteiger partial charge in [-0.15, -0.1) is 10.2 Å². The average molecular weight is 428 g/mol. The van der Waals surface area contributed by atoms with Crippen molar-refractivity contribution in [2.75, 3.05) is 0 Å². The molecular formula is C18H16F4N4O4. The maximum atomic E-state index is 13.8. The Kier molecular flexibility index (Phi) is 4.86. The van der Waals surface area contributed by atoms with Gasteiger partial charge in [0.1, 0.15) is 0 Å². The third-order valence-corrected chi connectivity index (χ3v) is 5.31. The SMILES string of the molecule is O=C(O)N[C@H]1CC(F)(F)CC[C@H]1N1Cc2ccc(-c3nnc(C(F)F)o3)cc2C1=O. The van der Waals surface area contributed by atoms with E-state index >= 15 is 0 Å². The number of halogens is 4. The fourth-order valence-corrected chi connectivity index (χ4v) is 3.96. The van der Waals surface area contributed by atoms with Gasteiger partial charge in [-0.3, -0.25) is 4.79 Å². The zero-order valence-corrected chi connectivity index (χ0v) is 15.3. The molecule has 2 aromatic rings. The number of fused-ring (bicyclic) bond motifs is 1. The Morgan fingerprint density at radius 2 is 2.10 bits per heavy atom. The van der Waals surface area contributed by atoms with E-state index in [9.17, 15) is 27.2 Å². The summed E-state index contributed by atoms with van der Waals surface area (Å²) in [7, 11) is 0. The predicted octanol–water partition coefficient (Wildman–Crippen LogP) is 3.45. The van der Waals surface area contributed by atoms with Crippen molar-refractivity contribution in [1.29, 1.82) is 0 Å². The minimum absolute atomic E-state index is 0.0636. The number of nitrogens with zero attached hydrogens (tertiary/aromatic N) is 3. The number of nitrogens with one attached hydrogen (secondary N) is 1. The molecule has 2 N–H and O–H groups in total. The molecule has 2 heterocycles. The molecule has 2 atom stereocenters. The van der Waals surface area contributed by atoms with Gasteiger partial charge in [-0.05, 0) is 24.1 Å². The second-order valence-electron chi connectivity index (χ2n) is 7.27. The van der Waals surface area contributed by atoms with Crippen molar-refractivity contribution < 1.29 is 36.7 Å². The molecule has 0 saturated heterocycles. The van der Waals surface area contributed by atoms with Crippen LogP contribution in [0.25, 0.3) is 11.5 Å². The summed E-state index contributed by atoms with van der Waals surface area (Å²) < 4.78 is 57.8. The molecule has 2 amide bonds. The summed E-state index contributed by atoms with van der Waals surface area (Å²) in [5.74, 6) is -4.51. The molecule has 1 aromatic heterocycles. The Bertz CT molecular complexity index is 996. The number of hydrogen-bond acceptors (Lipinski definition) is 5. The number of amides is 2. The maximum absolute atomic E-state index is 13.8. The Balaban J connectivity index is 1.59. The van der Waals surface area contributed by atoms with Crippen LogP contribution in [0.5, 0.6) is 0 Å². The van der Waals surface area contributed by atoms with Gasteiger partial charge in [-0.1, -0.05) is 6.07 Å². The van der Waals surface area contributed by atoms with Crippen LogP contribution in [-0.2, 0) is 6.54 Å². The lowest BCUT2D eigenvalue weighted by atomic mass is 9.86. The number of hydrogen-bond donors (Lipinski definition) is 2. The third kappa shape index (κ3) is 3.68. The number of benzene rings is 1. The molecule has 12 heteroatoms. The summed E-state index contributed by atoms with van der Waals surface area (Å²) in [6.45, 7) is 0.120. The van der Waals surface area contributed by atoms with Gasteiger partial charge >= 0.3 is 12.5 Å². The topological polar surface area (TPSA) is 109 Å². The van der Waals surface area contributed by atoms with Crippen LogP contribution in [0.4, 0.5) is 22.4 Å². The van der Waals surface area contributed by atoms with Crippen LogP contribution in [0, 0.1) is 0 Å². The first kappa shape index (κ1) is 20.1. The highest BCUT2D eigenvalue weighted by Crippen LogP contribution is 2.39. The monoisotopic (exact) mass is 428 g/mol. The number of carboxylic acid groups (broad SMARTS) is 1. The Labute approximate surface area is 166 Å². The molecule has 0 unspecified atom stereocenters. The van der Waals surface area contributed by atoms with Gasteiger partial charge in [0.2, 0.25) is 11.8 Å². The molecular weight excluding hydrogens is 412 g/mol. The van der Waals surface area contributed by atoms with E-state index in [4.69, 9.17) is 9.52 Å². The van der Waals surface area contributed by atoms with Crippen molar-refractivity contribution in [3.63, 3.8) is 0 Å². The lowest BCUT2D eigenvalue weighted by Crippen LogP contribution is -2.56. The van der Waals surface area contributed by atoms with E-state index in [0.29, 0.717) is 5.56 Å². The molecule has 1 saturated carbocycles. The molecule has 160 valence electrons. The molecule has 0 spiro atoms. The zero-order valence-electron chi connectivity index (χ0n) is 15.3. The van der Waals surface area contributed by atoms with Crippen molar-refractivity contribution in [3.05, 3.63) is 35.2 Å². The molecule has 4 rings (SSSR count). The van der Waals surface area contributed by atoms with E-state index in [-0.39, 0.29) is 30.0 Å². The highest BCUT2D eigenvalue weighted by molar-refractivity contribution is 5.99. The minimum Gasteiger partial charge on any atom is -0.465 e. The standard InChI is InChI=1S/C18H16F4N4O4/c19-13(20)15-25-24-14(30-15)8-1-2-9-7-26(16(27)10(9)5-8)12-3-4-18(21,22)6-11(12)23-17(28)29/h1-2,5,11-13,23H,3-4,6-7H2,(H,28,29)/t11-,12+/m0/s1. The van der Waals surface area contributed by atoms with E-state index in [0.717, 1.165) is 0 Å². The van der Waals surface area contributed by atoms with Crippen LogP contribution in [0.2, 0.25) is 0 Å². The van der Waals surface area contributed by atoms with Crippen molar-refractivity contribution in [2.45, 2.75) is 50.2 Å². The second-order valence-corrected chi connectivity index (χ2v) is 7.27. The van der Waals surface area contributed by atoms with Crippen LogP contribution in [-0.4, -0.2) is 50.2 Å². The van der Waals surface area contributed by atoms with Gasteiger partial charge in [0, 0.05) is 30.5 Å². The summed E-state index contributed by atoms with van der Waals surface area (Å²) in [5, 5.41) is 17.9. The fraction of sp³-hybridized carbons (Fsp3) is 0.444. The van der Waals surface area contributed by atoms with E-state index in [1.807, 2.05) is 0 Å². The van der Waals surface area contributed by atoms with Crippen LogP contribution in [0.3, 0.4) is 0 Å². The smallest absolute Gasteiger partial charge is 0.404 e. The molecule has 1 fully saturated rings. The van der Waals surface area contributed by atoms with Crippen molar-refractivity contribution in [1.82, 2.24) is 20.4 Å². The molecule has 2 aliphatic rings. The Morgan fingerprint density at radius 3 is 2.77 bits per heavy atom. The summed E-state index contributed by atoms with van der Waals surface area (Å²) in [6.07, 6.45) is -5.60. The minimum atomic E-state index is -3.02. The fourth-order valence-electron chi connectivity index (χ4n) is 3.96. The van der Waals surface area contributed by atoms with Crippen molar-refractivity contribution >= 4 is 12.0 Å². The van der Waals surface area contributed by atoms with Crippen LogP contribution in [0.1, 0.15) is 47.5 Å². The Morgan fingerprint density at radius 1 is 1.33 bits per heavy atom. The highest BCUT2D eigenvalue weighted by atomic mass is 19.3. The number of aromatic nitrogens is 2. The molecule has 30 heavy (non-hydrogen) atoms. The molecule has 0 bridgehead atoms. The zero-order chi connectivity index (χ0) is 21.6. The average Bonchev–Trinajstić information content (AvgIpc) is 3.26. The molecule has 1 aliphatic heterocycles. The van der Waals surface area contributed by atoms with Crippen molar-refractivity contribution in [3.8, 4) is 11.5 Å². The number of carbonyl (C=O) groups is 2. The van der Waals surface area contributed by atoms with Gasteiger partial charge in [-0.2, -0.15) is 8.78 Å². The van der Waals surface area contributed by atoms with Crippen LogP contribution >= 0.6 is 0 Å². The first-order chi connectivity index (χ1) is 14.1. The van der Waals surface area contributed by atoms with Gasteiger partial charge in [0.05, 0.1) is 12.1 Å². The molecule has 0 radical (unpaired) electrons. The summed E-state index contributed by atoms with van der Waals surface area (Å²) in [5.41, 5.74) is 1.11. The molecule has 1 aliphatic carbocycles. The number of carbonyl (C=O) groups excluding carboxylic acids is 1. The van der Waals surface area contributed by atoms with E-state index in [1.54, 1.807) is 6.07 Å². The van der Waals surface area contributed by atoms with Crippen LogP contribution in [0.15, 0.2) is 22.6 Å². The molecule has 1 aromatic carbocycles. The first-order valence-corrected chi connectivity index (χ1v) is 9.08. The van der Waals surface area contributed by atoms with Gasteiger partial charge in [-0.25, -0.2) is 13.6 Å². The van der Waals surface area contributed by atoms with Crippen molar-refractivity contribution in [2.24, 2.45) is 0 Å². The van der Waals surface area contributed by atoms with E-state index < -0.39 is 55.2 Å². The first-order valence-electron chi connectivity index (χ1n) is 9.08. The normalized spacial score (nSPS) is 23.0. The quantitative estimate of drug-likeness (QED) is 0.722. The molecule has 8 nitrogen and oxygen atoms in total. The van der Waals surface area contributed by atoms with E-state index in [1.165, 1.54) is 17.0 Å². The Hall–Kier alpha value is -3.18. The highest BCUT2D eigenvalue weighted by Gasteiger charge is 2.47. The largest absolute Gasteiger partial charge is 0.465 e. The third-order valence-electron chi connectivity index (χ3n) is 5.31. The lowest BCUT2D eigenvalue weighted by Gasteiger charge is -2.40. The second kappa shape index (κ2) is 7.26. The summed E-state index contributed by atoms with van der Waals surface area (Å²) in [6, 6.07) is 2.68. The van der Waals surface area contributed by atoms with Crippen LogP contribution < -0.4 is 5.32 Å². The van der Waals surface area contributed by atoms with Gasteiger partial charge in [0.15, 0.2) is 0 Å². The van der Waals surface area contributed by atoms with Gasteiger partial charge in [0.25, 0.3) is 11.8 Å². The van der Waals surface area contributed by atoms with Gasteiger partial charge < -0.3 is 19.7 Å². The number of alkyl halides is 4. The van der Waals surface area contributed by atoms with E-state index in [2.05, 4.69) is 15.5 Å². The summed E-state index contributed by atoms with van der Waals surface area (Å²) >= 11 is 0. The number of rotatable bonds is 4. The lowest BCUT2D eigenvalue weighted by molar-refractivity contribution is -0.0630.